The summed E-state index contributed by atoms with van der Waals surface area (Å²) < 4.78 is 30.0. The van der Waals surface area contributed by atoms with Gasteiger partial charge in [0.1, 0.15) is 28.1 Å². The molecule has 2 aromatic heterocycles. The molecule has 10 nitrogen and oxygen atoms in total. The van der Waals surface area contributed by atoms with Crippen LogP contribution >= 0.6 is 23.1 Å². The van der Waals surface area contributed by atoms with Crippen molar-refractivity contribution in [2.24, 2.45) is 0 Å². The van der Waals surface area contributed by atoms with Gasteiger partial charge in [-0.15, -0.1) is 21.5 Å². The van der Waals surface area contributed by atoms with E-state index >= 15 is 0 Å². The molecule has 1 amide bonds. The number of nitrogens with zero attached hydrogens (tertiary/aromatic N) is 3. The smallest absolute Gasteiger partial charge is 0.348 e. The Bertz CT molecular complexity index is 1230. The Hall–Kier alpha value is -3.45. The molecule has 35 heavy (non-hydrogen) atoms. The number of esters is 2. The standard InChI is InChI=1S/C22H23FN4O6S2/c1-5-27-15(10-33-14-8-6-13(23)7-9-14)25-26-22(27)34-11-16(28)24-19-17(20(29)31-3)12(2)18(35-19)21(30)32-4/h6-9H,5,10-11H2,1-4H3,(H,24,28). The number of ether oxygens (including phenoxy) is 3. The second kappa shape index (κ2) is 11.8. The average molecular weight is 523 g/mol. The summed E-state index contributed by atoms with van der Waals surface area (Å²) >= 11 is 2.09. The maximum atomic E-state index is 13.1. The molecule has 3 aromatic rings. The fourth-order valence-corrected chi connectivity index (χ4v) is 5.01. The fourth-order valence-electron chi connectivity index (χ4n) is 3.06. The minimum Gasteiger partial charge on any atom is -0.486 e. The van der Waals surface area contributed by atoms with E-state index in [0.717, 1.165) is 23.1 Å². The molecule has 1 N–H and O–H groups in total. The molecular formula is C22H23FN4O6S2. The van der Waals surface area contributed by atoms with E-state index in [4.69, 9.17) is 14.2 Å². The van der Waals surface area contributed by atoms with E-state index in [0.29, 0.717) is 28.8 Å². The van der Waals surface area contributed by atoms with Crippen LogP contribution in [0.1, 0.15) is 38.3 Å². The Labute approximate surface area is 208 Å². The number of hydrogen-bond donors (Lipinski definition) is 1. The third-order valence-electron chi connectivity index (χ3n) is 4.78. The highest BCUT2D eigenvalue weighted by Gasteiger charge is 2.27. The SMILES string of the molecule is CCn1c(COc2ccc(F)cc2)nnc1SCC(=O)Nc1sc(C(=O)OC)c(C)c1C(=O)OC. The quantitative estimate of drug-likeness (QED) is 0.314. The molecule has 186 valence electrons. The number of thioether (sulfide) groups is 1. The van der Waals surface area contributed by atoms with Gasteiger partial charge in [-0.05, 0) is 43.7 Å². The van der Waals surface area contributed by atoms with E-state index in [-0.39, 0.29) is 33.6 Å². The summed E-state index contributed by atoms with van der Waals surface area (Å²) in [5.41, 5.74) is 0.473. The number of nitrogens with one attached hydrogen (secondary N) is 1. The Morgan fingerprint density at radius 2 is 1.80 bits per heavy atom. The molecule has 1 aromatic carbocycles. The molecule has 0 bridgehead atoms. The van der Waals surface area contributed by atoms with Gasteiger partial charge in [0.05, 0.1) is 25.5 Å². The normalized spacial score (nSPS) is 10.7. The number of thiophene rings is 1. The van der Waals surface area contributed by atoms with Crippen molar-refractivity contribution in [3.8, 4) is 5.75 Å². The zero-order chi connectivity index (χ0) is 25.5. The van der Waals surface area contributed by atoms with Crippen LogP contribution < -0.4 is 10.1 Å². The lowest BCUT2D eigenvalue weighted by atomic mass is 10.1. The number of rotatable bonds is 10. The van der Waals surface area contributed by atoms with Gasteiger partial charge in [0.2, 0.25) is 5.91 Å². The van der Waals surface area contributed by atoms with Crippen molar-refractivity contribution in [2.75, 3.05) is 25.3 Å². The molecule has 0 aliphatic rings. The maximum Gasteiger partial charge on any atom is 0.348 e. The first kappa shape index (κ1) is 26.2. The Morgan fingerprint density at radius 3 is 2.43 bits per heavy atom. The molecule has 0 fully saturated rings. The second-order valence-corrected chi connectivity index (χ2v) is 8.93. The molecule has 0 saturated heterocycles. The van der Waals surface area contributed by atoms with E-state index in [2.05, 4.69) is 15.5 Å². The largest absolute Gasteiger partial charge is 0.486 e. The molecule has 0 unspecified atom stereocenters. The Kier molecular flexibility index (Phi) is 8.82. The Morgan fingerprint density at radius 1 is 1.11 bits per heavy atom. The van der Waals surface area contributed by atoms with E-state index in [1.807, 2.05) is 6.92 Å². The van der Waals surface area contributed by atoms with Crippen LogP contribution in [0.3, 0.4) is 0 Å². The van der Waals surface area contributed by atoms with Crippen LogP contribution in [0.25, 0.3) is 0 Å². The van der Waals surface area contributed by atoms with Gasteiger partial charge in [-0.25, -0.2) is 14.0 Å². The number of benzene rings is 1. The van der Waals surface area contributed by atoms with Crippen LogP contribution in [0.4, 0.5) is 9.39 Å². The first-order valence-electron chi connectivity index (χ1n) is 10.3. The maximum absolute atomic E-state index is 13.1. The number of anilines is 1. The van der Waals surface area contributed by atoms with Crippen molar-refractivity contribution < 1.29 is 33.0 Å². The summed E-state index contributed by atoms with van der Waals surface area (Å²) in [6, 6.07) is 5.63. The number of amides is 1. The highest BCUT2D eigenvalue weighted by Crippen LogP contribution is 2.34. The highest BCUT2D eigenvalue weighted by molar-refractivity contribution is 7.99. The number of hydrogen-bond acceptors (Lipinski definition) is 10. The first-order valence-corrected chi connectivity index (χ1v) is 12.1. The lowest BCUT2D eigenvalue weighted by molar-refractivity contribution is -0.113. The summed E-state index contributed by atoms with van der Waals surface area (Å²) in [6.07, 6.45) is 0. The van der Waals surface area contributed by atoms with Gasteiger partial charge >= 0.3 is 11.9 Å². The second-order valence-electron chi connectivity index (χ2n) is 6.97. The fraction of sp³-hybridized carbons (Fsp3) is 0.318. The van der Waals surface area contributed by atoms with Crippen LogP contribution in [0.2, 0.25) is 0 Å². The number of carbonyl (C=O) groups excluding carboxylic acids is 3. The predicted molar refractivity (Wildman–Crippen MR) is 128 cm³/mol. The zero-order valence-electron chi connectivity index (χ0n) is 19.4. The molecule has 0 aliphatic carbocycles. The average Bonchev–Trinajstić information content (AvgIpc) is 3.41. The van der Waals surface area contributed by atoms with Crippen molar-refractivity contribution in [3.63, 3.8) is 0 Å². The third-order valence-corrected chi connectivity index (χ3v) is 6.94. The van der Waals surface area contributed by atoms with Gasteiger partial charge in [0.15, 0.2) is 11.0 Å². The van der Waals surface area contributed by atoms with E-state index in [9.17, 15) is 18.8 Å². The number of aromatic nitrogens is 3. The molecule has 0 saturated carbocycles. The van der Waals surface area contributed by atoms with Crippen molar-refractivity contribution in [2.45, 2.75) is 32.2 Å². The van der Waals surface area contributed by atoms with Gasteiger partial charge in [0, 0.05) is 6.54 Å². The molecule has 3 rings (SSSR count). The van der Waals surface area contributed by atoms with Gasteiger partial charge in [-0.3, -0.25) is 4.79 Å². The molecule has 0 aliphatic heterocycles. The molecule has 0 spiro atoms. The summed E-state index contributed by atoms with van der Waals surface area (Å²) in [4.78, 5) is 37.1. The van der Waals surface area contributed by atoms with Crippen molar-refractivity contribution in [1.29, 1.82) is 0 Å². The molecule has 0 atom stereocenters. The predicted octanol–water partition coefficient (Wildman–Crippen LogP) is 3.69. The number of halogens is 1. The lowest BCUT2D eigenvalue weighted by Gasteiger charge is -2.09. The van der Waals surface area contributed by atoms with Crippen LogP contribution in [0.15, 0.2) is 29.4 Å². The monoisotopic (exact) mass is 522 g/mol. The van der Waals surface area contributed by atoms with E-state index in [1.165, 1.54) is 38.5 Å². The van der Waals surface area contributed by atoms with Crippen LogP contribution in [0.5, 0.6) is 5.75 Å². The highest BCUT2D eigenvalue weighted by atomic mass is 32.2. The van der Waals surface area contributed by atoms with Gasteiger partial charge in [-0.2, -0.15) is 0 Å². The minimum atomic E-state index is -0.673. The van der Waals surface area contributed by atoms with Crippen LogP contribution in [0, 0.1) is 12.7 Å². The first-order chi connectivity index (χ1) is 16.8. The number of methoxy groups -OCH3 is 2. The molecule has 13 heteroatoms. The summed E-state index contributed by atoms with van der Waals surface area (Å²) in [5.74, 6) is -1.04. The van der Waals surface area contributed by atoms with Crippen molar-refractivity contribution >= 4 is 45.9 Å². The topological polar surface area (TPSA) is 122 Å². The molecule has 0 radical (unpaired) electrons. The van der Waals surface area contributed by atoms with Gasteiger partial charge < -0.3 is 24.1 Å². The van der Waals surface area contributed by atoms with Crippen LogP contribution in [-0.4, -0.2) is 52.6 Å². The van der Waals surface area contributed by atoms with Crippen LogP contribution in [-0.2, 0) is 27.4 Å². The van der Waals surface area contributed by atoms with Gasteiger partial charge in [0.25, 0.3) is 0 Å². The van der Waals surface area contributed by atoms with Crippen molar-refractivity contribution in [3.05, 3.63) is 51.9 Å². The molecular weight excluding hydrogens is 499 g/mol. The molecule has 2 heterocycles. The number of carbonyl (C=O) groups is 3. The van der Waals surface area contributed by atoms with Gasteiger partial charge in [-0.1, -0.05) is 11.8 Å². The van der Waals surface area contributed by atoms with Crippen molar-refractivity contribution in [1.82, 2.24) is 14.8 Å². The summed E-state index contributed by atoms with van der Waals surface area (Å²) in [7, 11) is 2.45. The van der Waals surface area contributed by atoms with E-state index in [1.54, 1.807) is 11.5 Å². The summed E-state index contributed by atoms with van der Waals surface area (Å²) in [5, 5.41) is 11.6. The third kappa shape index (κ3) is 6.17. The van der Waals surface area contributed by atoms with E-state index < -0.39 is 17.8 Å². The zero-order valence-corrected chi connectivity index (χ0v) is 21.0. The lowest BCUT2D eigenvalue weighted by Crippen LogP contribution is -2.16. The minimum absolute atomic E-state index is 0.0257. The Balaban J connectivity index is 1.67. The summed E-state index contributed by atoms with van der Waals surface area (Å²) in [6.45, 7) is 4.14.